The summed E-state index contributed by atoms with van der Waals surface area (Å²) in [6.07, 6.45) is 11.6. The van der Waals surface area contributed by atoms with Gasteiger partial charge in [0.15, 0.2) is 0 Å². The lowest BCUT2D eigenvalue weighted by Crippen LogP contribution is -2.23. The Morgan fingerprint density at radius 3 is 2.64 bits per heavy atom. The average Bonchev–Trinajstić information content (AvgIpc) is 3.47. The summed E-state index contributed by atoms with van der Waals surface area (Å²) in [5, 5.41) is 8.32. The maximum atomic E-state index is 12.7. The van der Waals surface area contributed by atoms with Crippen LogP contribution in [0.25, 0.3) is 11.0 Å². The van der Waals surface area contributed by atoms with Gasteiger partial charge in [-0.2, -0.15) is 5.10 Å². The van der Waals surface area contributed by atoms with E-state index in [-0.39, 0.29) is 5.91 Å². The molecule has 0 aliphatic heterocycles. The van der Waals surface area contributed by atoms with Crippen LogP contribution in [0.2, 0.25) is 0 Å². The largest absolute Gasteiger partial charge is 0.348 e. The van der Waals surface area contributed by atoms with Gasteiger partial charge in [0.2, 0.25) is 0 Å². The summed E-state index contributed by atoms with van der Waals surface area (Å²) in [6.45, 7) is 3.20. The Morgan fingerprint density at radius 2 is 1.82 bits per heavy atom. The van der Waals surface area contributed by atoms with E-state index < -0.39 is 0 Å². The third kappa shape index (κ3) is 4.98. The molecule has 5 rings (SSSR count). The van der Waals surface area contributed by atoms with Crippen molar-refractivity contribution < 1.29 is 4.79 Å². The summed E-state index contributed by atoms with van der Waals surface area (Å²) in [5.74, 6) is -0.150. The van der Waals surface area contributed by atoms with E-state index in [1.807, 2.05) is 48.4 Å². The third-order valence-corrected chi connectivity index (χ3v) is 5.51. The van der Waals surface area contributed by atoms with Gasteiger partial charge in [-0.1, -0.05) is 24.3 Å². The van der Waals surface area contributed by atoms with Gasteiger partial charge in [0.1, 0.15) is 5.65 Å². The number of aryl methyl sites for hydroxylation is 1. The number of fused-ring (bicyclic) bond motifs is 1. The van der Waals surface area contributed by atoms with Crippen LogP contribution in [0.15, 0.2) is 79.6 Å². The molecule has 7 heteroatoms. The molecular formula is C26H24N6O. The van der Waals surface area contributed by atoms with Crippen molar-refractivity contribution in [3.05, 3.63) is 113 Å². The highest BCUT2D eigenvalue weighted by molar-refractivity contribution is 5.94. The Labute approximate surface area is 191 Å². The minimum Gasteiger partial charge on any atom is -0.348 e. The molecule has 4 heterocycles. The first kappa shape index (κ1) is 20.6. The monoisotopic (exact) mass is 436 g/mol. The molecule has 0 bridgehead atoms. The van der Waals surface area contributed by atoms with Crippen molar-refractivity contribution in [3.63, 3.8) is 0 Å². The molecule has 4 aromatic heterocycles. The second-order valence-electron chi connectivity index (χ2n) is 8.23. The molecule has 7 nitrogen and oxygen atoms in total. The second kappa shape index (κ2) is 9.08. The normalized spacial score (nSPS) is 11.1. The van der Waals surface area contributed by atoms with Gasteiger partial charge >= 0.3 is 0 Å². The zero-order chi connectivity index (χ0) is 22.6. The molecule has 0 fully saturated rings. The lowest BCUT2D eigenvalue weighted by Gasteiger charge is -2.08. The molecule has 164 valence electrons. The van der Waals surface area contributed by atoms with Gasteiger partial charge in [-0.25, -0.2) is 4.98 Å². The number of rotatable bonds is 7. The van der Waals surface area contributed by atoms with E-state index in [1.54, 1.807) is 18.6 Å². The fraction of sp³-hybridized carbons (Fsp3) is 0.154. The fourth-order valence-electron chi connectivity index (χ4n) is 3.81. The zero-order valence-electron chi connectivity index (χ0n) is 18.3. The van der Waals surface area contributed by atoms with Gasteiger partial charge in [-0.15, -0.1) is 0 Å². The van der Waals surface area contributed by atoms with Crippen molar-refractivity contribution >= 4 is 16.9 Å². The van der Waals surface area contributed by atoms with Crippen LogP contribution in [0.4, 0.5) is 0 Å². The highest BCUT2D eigenvalue weighted by Gasteiger charge is 2.08. The number of amides is 1. The number of pyridine rings is 2. The van der Waals surface area contributed by atoms with Crippen LogP contribution in [0.1, 0.15) is 38.2 Å². The number of carbonyl (C=O) groups is 1. The minimum atomic E-state index is -0.150. The number of hydrogen-bond donors (Lipinski definition) is 2. The Bertz CT molecular complexity index is 1400. The minimum absolute atomic E-state index is 0.150. The first-order valence-electron chi connectivity index (χ1n) is 10.8. The molecule has 0 unspecified atom stereocenters. The molecule has 1 amide bonds. The van der Waals surface area contributed by atoms with Crippen LogP contribution in [0.3, 0.4) is 0 Å². The van der Waals surface area contributed by atoms with Gasteiger partial charge in [0.25, 0.3) is 5.91 Å². The Hall–Kier alpha value is -4.26. The maximum Gasteiger partial charge on any atom is 0.253 e. The predicted molar refractivity (Wildman–Crippen MR) is 127 cm³/mol. The molecule has 0 saturated heterocycles. The van der Waals surface area contributed by atoms with Crippen molar-refractivity contribution in [2.24, 2.45) is 0 Å². The number of aromatic nitrogens is 5. The average molecular weight is 437 g/mol. The number of benzene rings is 1. The number of carbonyl (C=O) groups excluding carboxylic acids is 1. The topological polar surface area (TPSA) is 88.5 Å². The van der Waals surface area contributed by atoms with Crippen LogP contribution in [-0.4, -0.2) is 30.6 Å². The molecule has 0 aliphatic carbocycles. The summed E-state index contributed by atoms with van der Waals surface area (Å²) >= 11 is 0. The fourth-order valence-corrected chi connectivity index (χ4v) is 3.81. The van der Waals surface area contributed by atoms with E-state index in [0.29, 0.717) is 18.5 Å². The van der Waals surface area contributed by atoms with E-state index in [1.165, 1.54) is 11.1 Å². The predicted octanol–water partition coefficient (Wildman–Crippen LogP) is 4.03. The molecular weight excluding hydrogens is 412 g/mol. The lowest BCUT2D eigenvalue weighted by atomic mass is 10.0. The molecule has 0 saturated carbocycles. The maximum absolute atomic E-state index is 12.7. The quantitative estimate of drug-likeness (QED) is 0.403. The summed E-state index contributed by atoms with van der Waals surface area (Å²) in [6, 6.07) is 14.3. The van der Waals surface area contributed by atoms with Gasteiger partial charge in [0.05, 0.1) is 18.3 Å². The third-order valence-electron chi connectivity index (χ3n) is 5.51. The van der Waals surface area contributed by atoms with E-state index in [9.17, 15) is 4.79 Å². The molecule has 33 heavy (non-hydrogen) atoms. The lowest BCUT2D eigenvalue weighted by molar-refractivity contribution is 0.0950. The molecule has 0 atom stereocenters. The first-order chi connectivity index (χ1) is 16.1. The summed E-state index contributed by atoms with van der Waals surface area (Å²) in [4.78, 5) is 24.4. The Kier molecular flexibility index (Phi) is 5.68. The van der Waals surface area contributed by atoms with E-state index in [2.05, 4.69) is 49.6 Å². The van der Waals surface area contributed by atoms with Gasteiger partial charge < -0.3 is 10.3 Å². The number of H-pyrrole nitrogens is 1. The Balaban J connectivity index is 1.20. The smallest absolute Gasteiger partial charge is 0.253 e. The molecule has 0 radical (unpaired) electrons. The van der Waals surface area contributed by atoms with E-state index in [4.69, 9.17) is 0 Å². The zero-order valence-corrected chi connectivity index (χ0v) is 18.3. The molecule has 5 aromatic rings. The van der Waals surface area contributed by atoms with Gasteiger partial charge in [-0.05, 0) is 59.4 Å². The van der Waals surface area contributed by atoms with Crippen molar-refractivity contribution in [2.75, 3.05) is 0 Å². The van der Waals surface area contributed by atoms with E-state index >= 15 is 0 Å². The Morgan fingerprint density at radius 1 is 0.970 bits per heavy atom. The second-order valence-corrected chi connectivity index (χ2v) is 8.23. The van der Waals surface area contributed by atoms with Crippen LogP contribution in [-0.2, 0) is 19.5 Å². The van der Waals surface area contributed by atoms with Crippen molar-refractivity contribution in [1.29, 1.82) is 0 Å². The molecule has 0 spiro atoms. The number of aromatic amines is 1. The van der Waals surface area contributed by atoms with Gasteiger partial charge in [-0.3, -0.25) is 14.5 Å². The molecule has 0 aliphatic rings. The first-order valence-corrected chi connectivity index (χ1v) is 10.8. The molecule has 1 aromatic carbocycles. The number of hydrogen-bond acceptors (Lipinski definition) is 4. The van der Waals surface area contributed by atoms with E-state index in [0.717, 1.165) is 34.3 Å². The van der Waals surface area contributed by atoms with Crippen LogP contribution < -0.4 is 5.32 Å². The van der Waals surface area contributed by atoms with Crippen LogP contribution >= 0.6 is 0 Å². The summed E-state index contributed by atoms with van der Waals surface area (Å²) in [7, 11) is 0. The van der Waals surface area contributed by atoms with Crippen LogP contribution in [0, 0.1) is 6.92 Å². The van der Waals surface area contributed by atoms with Crippen molar-refractivity contribution in [3.8, 4) is 0 Å². The highest BCUT2D eigenvalue weighted by atomic mass is 16.1. The SMILES string of the molecule is Cc1cnn(Cc2ccc(Cc3cncc(C(=O)NCc4cnc5[nH]ccc5c4)c3)cc2)c1. The summed E-state index contributed by atoms with van der Waals surface area (Å²) in [5.41, 5.74) is 6.85. The van der Waals surface area contributed by atoms with Crippen molar-refractivity contribution in [2.45, 2.75) is 26.4 Å². The highest BCUT2D eigenvalue weighted by Crippen LogP contribution is 2.14. The van der Waals surface area contributed by atoms with Crippen LogP contribution in [0.5, 0.6) is 0 Å². The summed E-state index contributed by atoms with van der Waals surface area (Å²) < 4.78 is 1.93. The molecule has 2 N–H and O–H groups in total. The number of nitrogens with one attached hydrogen (secondary N) is 2. The van der Waals surface area contributed by atoms with Gasteiger partial charge in [0, 0.05) is 42.9 Å². The van der Waals surface area contributed by atoms with Crippen molar-refractivity contribution in [1.82, 2.24) is 30.0 Å². The standard InChI is InChI=1S/C26H24N6O/c1-18-11-31-32(16-18)17-20-4-2-19(3-5-20)8-21-9-24(15-27-12-21)26(33)30-14-22-10-23-6-7-28-25(23)29-13-22/h2-7,9-13,15-16H,8,14,17H2,1H3,(H,28,29)(H,30,33). The number of nitrogens with zero attached hydrogens (tertiary/aromatic N) is 4.